The molecule has 0 unspecified atom stereocenters. The van der Waals surface area contributed by atoms with Crippen molar-refractivity contribution in [3.05, 3.63) is 36.6 Å². The molecular formula is C10H18O. The average Bonchev–Trinajstić information content (AvgIpc) is 2.07. The molecule has 0 heterocycles. The number of rotatable bonds is 3. The maximum atomic E-state index is 4.85. The van der Waals surface area contributed by atoms with Gasteiger partial charge in [0, 0.05) is 0 Å². The predicted molar refractivity (Wildman–Crippen MR) is 51.5 cm³/mol. The van der Waals surface area contributed by atoms with Crippen LogP contribution in [0.5, 0.6) is 0 Å². The van der Waals surface area contributed by atoms with Crippen molar-refractivity contribution in [2.24, 2.45) is 0 Å². The Kier molecular flexibility index (Phi) is 10.4. The third-order valence-electron chi connectivity index (χ3n) is 1.05. The number of hydrogen-bond donors (Lipinski definition) is 0. The molecule has 0 saturated carbocycles. The minimum Gasteiger partial charge on any atom is -0.497 e. The highest BCUT2D eigenvalue weighted by Crippen LogP contribution is 2.05. The molecule has 0 aromatic carbocycles. The van der Waals surface area contributed by atoms with E-state index in [1.54, 1.807) is 13.2 Å². The standard InChI is InChI=1S/C8H12O.C2H6/c1-5-6-7(2)8(3)9-4;1-2/h5-6H,1,3H2,2,4H3;1-2H3/b7-6-;. The van der Waals surface area contributed by atoms with Gasteiger partial charge >= 0.3 is 0 Å². The van der Waals surface area contributed by atoms with E-state index in [0.717, 1.165) is 5.57 Å². The molecular weight excluding hydrogens is 136 g/mol. The highest BCUT2D eigenvalue weighted by molar-refractivity contribution is 5.24. The van der Waals surface area contributed by atoms with E-state index >= 15 is 0 Å². The molecule has 0 saturated heterocycles. The maximum absolute atomic E-state index is 4.85. The Labute approximate surface area is 70.1 Å². The van der Waals surface area contributed by atoms with Gasteiger partial charge in [-0.3, -0.25) is 0 Å². The summed E-state index contributed by atoms with van der Waals surface area (Å²) < 4.78 is 4.85. The van der Waals surface area contributed by atoms with Gasteiger partial charge in [-0.25, -0.2) is 0 Å². The summed E-state index contributed by atoms with van der Waals surface area (Å²) in [5, 5.41) is 0. The first kappa shape index (κ1) is 12.7. The Morgan fingerprint density at radius 2 is 1.82 bits per heavy atom. The van der Waals surface area contributed by atoms with Crippen molar-refractivity contribution in [2.45, 2.75) is 20.8 Å². The van der Waals surface area contributed by atoms with Crippen molar-refractivity contribution in [3.8, 4) is 0 Å². The Bertz CT molecular complexity index is 143. The molecule has 1 heteroatoms. The van der Waals surface area contributed by atoms with E-state index in [0.29, 0.717) is 5.76 Å². The Hall–Kier alpha value is -0.980. The number of allylic oxidation sites excluding steroid dienone is 3. The molecule has 0 rings (SSSR count). The van der Waals surface area contributed by atoms with Crippen LogP contribution in [0.15, 0.2) is 36.6 Å². The van der Waals surface area contributed by atoms with E-state index in [-0.39, 0.29) is 0 Å². The fraction of sp³-hybridized carbons (Fsp3) is 0.400. The van der Waals surface area contributed by atoms with Gasteiger partial charge in [0.15, 0.2) is 0 Å². The summed E-state index contributed by atoms with van der Waals surface area (Å²) in [4.78, 5) is 0. The SMILES string of the molecule is C=C/C=C(/C)C(=C)OC.CC. The van der Waals surface area contributed by atoms with Gasteiger partial charge in [-0.1, -0.05) is 39.2 Å². The first-order chi connectivity index (χ1) is 5.22. The van der Waals surface area contributed by atoms with Crippen molar-refractivity contribution in [2.75, 3.05) is 7.11 Å². The van der Waals surface area contributed by atoms with Gasteiger partial charge < -0.3 is 4.74 Å². The van der Waals surface area contributed by atoms with E-state index in [9.17, 15) is 0 Å². The van der Waals surface area contributed by atoms with Crippen LogP contribution in [0.25, 0.3) is 0 Å². The van der Waals surface area contributed by atoms with Gasteiger partial charge in [0.2, 0.25) is 0 Å². The molecule has 0 bridgehead atoms. The lowest BCUT2D eigenvalue weighted by Crippen LogP contribution is -1.84. The topological polar surface area (TPSA) is 9.23 Å². The van der Waals surface area contributed by atoms with Gasteiger partial charge in [-0.15, -0.1) is 0 Å². The van der Waals surface area contributed by atoms with Crippen molar-refractivity contribution in [3.63, 3.8) is 0 Å². The quantitative estimate of drug-likeness (QED) is 0.447. The van der Waals surface area contributed by atoms with Crippen LogP contribution < -0.4 is 0 Å². The number of hydrogen-bond acceptors (Lipinski definition) is 1. The highest BCUT2D eigenvalue weighted by atomic mass is 16.5. The van der Waals surface area contributed by atoms with Crippen molar-refractivity contribution >= 4 is 0 Å². The van der Waals surface area contributed by atoms with E-state index in [4.69, 9.17) is 4.74 Å². The molecule has 0 N–H and O–H groups in total. The summed E-state index contributed by atoms with van der Waals surface area (Å²) in [5.74, 6) is 0.690. The molecule has 64 valence electrons. The van der Waals surface area contributed by atoms with E-state index in [1.807, 2.05) is 26.8 Å². The van der Waals surface area contributed by atoms with Gasteiger partial charge in [0.25, 0.3) is 0 Å². The molecule has 0 fully saturated rings. The largest absolute Gasteiger partial charge is 0.497 e. The summed E-state index contributed by atoms with van der Waals surface area (Å²) in [5.41, 5.74) is 1.01. The maximum Gasteiger partial charge on any atom is 0.114 e. The summed E-state index contributed by atoms with van der Waals surface area (Å²) >= 11 is 0. The Morgan fingerprint density at radius 3 is 2.09 bits per heavy atom. The summed E-state index contributed by atoms with van der Waals surface area (Å²) in [6, 6.07) is 0. The molecule has 11 heavy (non-hydrogen) atoms. The second-order valence-corrected chi connectivity index (χ2v) is 1.71. The monoisotopic (exact) mass is 154 g/mol. The van der Waals surface area contributed by atoms with Gasteiger partial charge in [0.05, 0.1) is 7.11 Å². The number of ether oxygens (including phenoxy) is 1. The lowest BCUT2D eigenvalue weighted by Gasteiger charge is -2.01. The predicted octanol–water partition coefficient (Wildman–Crippen LogP) is 3.31. The number of methoxy groups -OCH3 is 1. The normalized spacial score (nSPS) is 9.27. The Morgan fingerprint density at radius 1 is 1.36 bits per heavy atom. The van der Waals surface area contributed by atoms with Crippen LogP contribution in [0.2, 0.25) is 0 Å². The molecule has 0 aliphatic heterocycles. The minimum atomic E-state index is 0.690. The van der Waals surface area contributed by atoms with E-state index < -0.39 is 0 Å². The summed E-state index contributed by atoms with van der Waals surface area (Å²) in [6.07, 6.45) is 3.56. The molecule has 1 nitrogen and oxygen atoms in total. The van der Waals surface area contributed by atoms with Gasteiger partial charge in [-0.2, -0.15) is 0 Å². The van der Waals surface area contributed by atoms with Crippen LogP contribution in [0.3, 0.4) is 0 Å². The van der Waals surface area contributed by atoms with Gasteiger partial charge in [0.1, 0.15) is 5.76 Å². The average molecular weight is 154 g/mol. The van der Waals surface area contributed by atoms with E-state index in [2.05, 4.69) is 13.2 Å². The lowest BCUT2D eigenvalue weighted by atomic mass is 10.2. The van der Waals surface area contributed by atoms with Crippen LogP contribution in [-0.2, 0) is 4.74 Å². The van der Waals surface area contributed by atoms with E-state index in [1.165, 1.54) is 0 Å². The first-order valence-corrected chi connectivity index (χ1v) is 3.75. The molecule has 0 aliphatic rings. The van der Waals surface area contributed by atoms with Crippen molar-refractivity contribution < 1.29 is 4.74 Å². The third-order valence-corrected chi connectivity index (χ3v) is 1.05. The Balaban J connectivity index is 0. The minimum absolute atomic E-state index is 0.690. The zero-order chi connectivity index (χ0) is 9.28. The van der Waals surface area contributed by atoms with Crippen LogP contribution in [0.4, 0.5) is 0 Å². The fourth-order valence-electron chi connectivity index (χ4n) is 0.431. The molecule has 0 amide bonds. The highest BCUT2D eigenvalue weighted by Gasteiger charge is 1.90. The molecule has 0 radical (unpaired) electrons. The van der Waals surface area contributed by atoms with Crippen LogP contribution in [0, 0.1) is 0 Å². The van der Waals surface area contributed by atoms with Crippen LogP contribution in [-0.4, -0.2) is 7.11 Å². The van der Waals surface area contributed by atoms with Crippen molar-refractivity contribution in [1.82, 2.24) is 0 Å². The fourth-order valence-corrected chi connectivity index (χ4v) is 0.431. The van der Waals surface area contributed by atoms with Crippen LogP contribution >= 0.6 is 0 Å². The zero-order valence-corrected chi connectivity index (χ0v) is 7.98. The van der Waals surface area contributed by atoms with Crippen LogP contribution in [0.1, 0.15) is 20.8 Å². The van der Waals surface area contributed by atoms with Crippen molar-refractivity contribution in [1.29, 1.82) is 0 Å². The molecule has 0 aromatic heterocycles. The molecule has 0 aliphatic carbocycles. The second kappa shape index (κ2) is 9.02. The molecule has 0 atom stereocenters. The van der Waals surface area contributed by atoms with Gasteiger partial charge in [-0.05, 0) is 12.5 Å². The third kappa shape index (κ3) is 6.91. The summed E-state index contributed by atoms with van der Waals surface area (Å²) in [6.45, 7) is 13.1. The molecule has 0 aromatic rings. The lowest BCUT2D eigenvalue weighted by molar-refractivity contribution is 0.303. The second-order valence-electron chi connectivity index (χ2n) is 1.71. The zero-order valence-electron chi connectivity index (χ0n) is 7.98. The smallest absolute Gasteiger partial charge is 0.114 e. The first-order valence-electron chi connectivity index (χ1n) is 3.75. The summed E-state index contributed by atoms with van der Waals surface area (Å²) in [7, 11) is 1.60. The molecule has 0 spiro atoms.